The third kappa shape index (κ3) is 3.25. The van der Waals surface area contributed by atoms with Crippen LogP contribution in [0.1, 0.15) is 28.5 Å². The van der Waals surface area contributed by atoms with E-state index in [0.29, 0.717) is 11.6 Å². The van der Waals surface area contributed by atoms with Gasteiger partial charge in [0, 0.05) is 11.1 Å². The van der Waals surface area contributed by atoms with Crippen LogP contribution in [0.4, 0.5) is 4.39 Å². The number of hydrogen-bond donors (Lipinski definition) is 1. The Labute approximate surface area is 114 Å². The van der Waals surface area contributed by atoms with Crippen LogP contribution >= 0.6 is 22.9 Å². The molecule has 0 fully saturated rings. The highest BCUT2D eigenvalue weighted by Gasteiger charge is 2.11. The summed E-state index contributed by atoms with van der Waals surface area (Å²) >= 11 is 7.56. The minimum atomic E-state index is -0.323. The van der Waals surface area contributed by atoms with Crippen molar-refractivity contribution in [2.24, 2.45) is 0 Å². The molecule has 0 aliphatic heterocycles. The number of nitrogens with one attached hydrogen (secondary N) is 1. The first-order valence-corrected chi connectivity index (χ1v) is 6.73. The van der Waals surface area contributed by atoms with Gasteiger partial charge in [-0.15, -0.1) is 21.5 Å². The Morgan fingerprint density at radius 1 is 1.44 bits per heavy atom. The first kappa shape index (κ1) is 13.4. The van der Waals surface area contributed by atoms with Crippen molar-refractivity contribution in [2.75, 3.05) is 0 Å². The number of aromatic nitrogens is 2. The second-order valence-corrected chi connectivity index (χ2v) is 5.66. The first-order chi connectivity index (χ1) is 8.56. The largest absolute Gasteiger partial charge is 0.304 e. The zero-order valence-corrected chi connectivity index (χ0v) is 11.6. The van der Waals surface area contributed by atoms with Crippen molar-refractivity contribution < 1.29 is 4.39 Å². The molecule has 0 saturated carbocycles. The van der Waals surface area contributed by atoms with Crippen molar-refractivity contribution in [1.82, 2.24) is 15.5 Å². The topological polar surface area (TPSA) is 37.8 Å². The fraction of sp³-hybridized carbons (Fsp3) is 0.333. The van der Waals surface area contributed by atoms with Crippen LogP contribution in [0.15, 0.2) is 18.2 Å². The molecule has 96 valence electrons. The third-order valence-corrected chi connectivity index (χ3v) is 3.72. The van der Waals surface area contributed by atoms with Crippen LogP contribution in [-0.4, -0.2) is 10.2 Å². The lowest BCUT2D eigenvalue weighted by molar-refractivity contribution is 0.568. The number of halogens is 2. The molecule has 0 aliphatic carbocycles. The number of aryl methyl sites for hydroxylation is 1. The van der Waals surface area contributed by atoms with Gasteiger partial charge in [-0.05, 0) is 31.5 Å². The quantitative estimate of drug-likeness (QED) is 0.934. The molecule has 18 heavy (non-hydrogen) atoms. The van der Waals surface area contributed by atoms with E-state index in [1.165, 1.54) is 12.1 Å². The number of rotatable bonds is 4. The van der Waals surface area contributed by atoms with Gasteiger partial charge in [-0.1, -0.05) is 17.7 Å². The van der Waals surface area contributed by atoms with Crippen LogP contribution in [-0.2, 0) is 6.54 Å². The Hall–Kier alpha value is -1.04. The summed E-state index contributed by atoms with van der Waals surface area (Å²) < 4.78 is 12.9. The van der Waals surface area contributed by atoms with Crippen molar-refractivity contribution in [3.05, 3.63) is 44.6 Å². The highest BCUT2D eigenvalue weighted by atomic mass is 35.5. The van der Waals surface area contributed by atoms with E-state index in [4.69, 9.17) is 11.6 Å². The van der Waals surface area contributed by atoms with E-state index in [0.717, 1.165) is 15.6 Å². The van der Waals surface area contributed by atoms with Gasteiger partial charge < -0.3 is 5.32 Å². The summed E-state index contributed by atoms with van der Waals surface area (Å²) in [6.07, 6.45) is 0. The second-order valence-electron chi connectivity index (χ2n) is 3.98. The molecule has 0 spiro atoms. The molecule has 1 aromatic heterocycles. The lowest BCUT2D eigenvalue weighted by Gasteiger charge is -2.14. The van der Waals surface area contributed by atoms with Gasteiger partial charge in [0.1, 0.15) is 15.8 Å². The van der Waals surface area contributed by atoms with Crippen LogP contribution in [0, 0.1) is 12.7 Å². The molecular weight excluding hydrogens is 273 g/mol. The van der Waals surface area contributed by atoms with Crippen molar-refractivity contribution in [2.45, 2.75) is 26.4 Å². The summed E-state index contributed by atoms with van der Waals surface area (Å²) in [5.41, 5.74) is 0.874. The van der Waals surface area contributed by atoms with Crippen LogP contribution in [0.5, 0.6) is 0 Å². The highest BCUT2D eigenvalue weighted by molar-refractivity contribution is 7.11. The summed E-state index contributed by atoms with van der Waals surface area (Å²) in [5.74, 6) is -0.323. The molecule has 1 atom stereocenters. The smallest absolute Gasteiger partial charge is 0.131 e. The van der Waals surface area contributed by atoms with Crippen molar-refractivity contribution in [3.8, 4) is 0 Å². The van der Waals surface area contributed by atoms with E-state index in [1.54, 1.807) is 17.4 Å². The predicted molar refractivity (Wildman–Crippen MR) is 71.3 cm³/mol. The molecule has 0 radical (unpaired) electrons. The lowest BCUT2D eigenvalue weighted by Crippen LogP contribution is -2.18. The van der Waals surface area contributed by atoms with Gasteiger partial charge in [-0.2, -0.15) is 0 Å². The SMILES string of the molecule is Cc1nnc(CNC(C)c2ccc(F)cc2Cl)s1. The molecule has 1 aromatic carbocycles. The number of benzene rings is 1. The van der Waals surface area contributed by atoms with E-state index < -0.39 is 0 Å². The first-order valence-electron chi connectivity index (χ1n) is 5.53. The molecule has 3 nitrogen and oxygen atoms in total. The van der Waals surface area contributed by atoms with Crippen LogP contribution in [0.3, 0.4) is 0 Å². The van der Waals surface area contributed by atoms with E-state index >= 15 is 0 Å². The lowest BCUT2D eigenvalue weighted by atomic mass is 10.1. The molecule has 0 aliphatic rings. The number of nitrogens with zero attached hydrogens (tertiary/aromatic N) is 2. The maximum absolute atomic E-state index is 12.9. The molecule has 1 N–H and O–H groups in total. The van der Waals surface area contributed by atoms with E-state index in [1.807, 2.05) is 13.8 Å². The van der Waals surface area contributed by atoms with Crippen LogP contribution < -0.4 is 5.32 Å². The van der Waals surface area contributed by atoms with Crippen molar-refractivity contribution in [3.63, 3.8) is 0 Å². The van der Waals surface area contributed by atoms with Gasteiger partial charge in [-0.3, -0.25) is 0 Å². The van der Waals surface area contributed by atoms with Gasteiger partial charge in [0.05, 0.1) is 6.54 Å². The summed E-state index contributed by atoms with van der Waals surface area (Å²) in [6.45, 7) is 4.52. The highest BCUT2D eigenvalue weighted by Crippen LogP contribution is 2.24. The van der Waals surface area contributed by atoms with E-state index in [-0.39, 0.29) is 11.9 Å². The standard InChI is InChI=1S/C12H13ClFN3S/c1-7(10-4-3-9(14)5-11(10)13)15-6-12-17-16-8(2)18-12/h3-5,7,15H,6H2,1-2H3. The minimum Gasteiger partial charge on any atom is -0.304 e. The Morgan fingerprint density at radius 2 is 2.22 bits per heavy atom. The zero-order chi connectivity index (χ0) is 13.1. The van der Waals surface area contributed by atoms with Crippen LogP contribution in [0.2, 0.25) is 5.02 Å². The third-order valence-electron chi connectivity index (χ3n) is 2.56. The van der Waals surface area contributed by atoms with E-state index in [9.17, 15) is 4.39 Å². The Bertz CT molecular complexity index is 544. The van der Waals surface area contributed by atoms with Crippen molar-refractivity contribution >= 4 is 22.9 Å². The maximum atomic E-state index is 12.9. The Balaban J connectivity index is 2.01. The summed E-state index contributed by atoms with van der Waals surface area (Å²) in [6, 6.07) is 4.46. The zero-order valence-electron chi connectivity index (χ0n) is 10.1. The fourth-order valence-corrected chi connectivity index (χ4v) is 2.60. The number of hydrogen-bond acceptors (Lipinski definition) is 4. The molecule has 2 rings (SSSR count). The minimum absolute atomic E-state index is 0.0299. The summed E-state index contributed by atoms with van der Waals surface area (Å²) in [7, 11) is 0. The summed E-state index contributed by atoms with van der Waals surface area (Å²) in [5, 5.41) is 13.6. The Morgan fingerprint density at radius 3 is 2.83 bits per heavy atom. The predicted octanol–water partition coefficient (Wildman–Crippen LogP) is 3.49. The second kappa shape index (κ2) is 5.73. The van der Waals surface area contributed by atoms with Gasteiger partial charge in [0.25, 0.3) is 0 Å². The molecular formula is C12H13ClFN3S. The monoisotopic (exact) mass is 285 g/mol. The molecule has 1 unspecified atom stereocenters. The molecule has 0 bridgehead atoms. The average molecular weight is 286 g/mol. The fourth-order valence-electron chi connectivity index (χ4n) is 1.61. The Kier molecular flexibility index (Phi) is 4.27. The van der Waals surface area contributed by atoms with Crippen LogP contribution in [0.25, 0.3) is 0 Å². The van der Waals surface area contributed by atoms with Gasteiger partial charge in [0.2, 0.25) is 0 Å². The molecule has 6 heteroatoms. The van der Waals surface area contributed by atoms with Gasteiger partial charge in [-0.25, -0.2) is 4.39 Å². The summed E-state index contributed by atoms with van der Waals surface area (Å²) in [4.78, 5) is 0. The normalized spacial score (nSPS) is 12.7. The van der Waals surface area contributed by atoms with Gasteiger partial charge >= 0.3 is 0 Å². The van der Waals surface area contributed by atoms with E-state index in [2.05, 4.69) is 15.5 Å². The van der Waals surface area contributed by atoms with Crippen molar-refractivity contribution in [1.29, 1.82) is 0 Å². The molecule has 0 saturated heterocycles. The molecule has 1 heterocycles. The maximum Gasteiger partial charge on any atom is 0.131 e. The average Bonchev–Trinajstić information content (AvgIpc) is 2.72. The molecule has 2 aromatic rings. The van der Waals surface area contributed by atoms with Gasteiger partial charge in [0.15, 0.2) is 0 Å². The molecule has 0 amide bonds.